The van der Waals surface area contributed by atoms with Gasteiger partial charge >= 0.3 is 17.9 Å². The van der Waals surface area contributed by atoms with Crippen LogP contribution in [0.2, 0.25) is 0 Å². The molecule has 1 saturated heterocycles. The number of aliphatic hydroxyl groups excluding tert-OH is 3. The highest BCUT2D eigenvalue weighted by Crippen LogP contribution is 2.25. The number of aliphatic hydroxyl groups is 3. The van der Waals surface area contributed by atoms with Gasteiger partial charge in [0.05, 0.1) is 6.42 Å². The first kappa shape index (κ1) is 19.7. The van der Waals surface area contributed by atoms with E-state index in [1.807, 2.05) is 0 Å². The van der Waals surface area contributed by atoms with Crippen LogP contribution in [-0.4, -0.2) is 74.5 Å². The summed E-state index contributed by atoms with van der Waals surface area (Å²) in [5, 5.41) is 46.9. The summed E-state index contributed by atoms with van der Waals surface area (Å²) >= 11 is 0. The van der Waals surface area contributed by atoms with Crippen LogP contribution in [0.15, 0.2) is 24.5 Å². The maximum absolute atomic E-state index is 11.5. The molecule has 26 heavy (non-hydrogen) atoms. The highest BCUT2D eigenvalue weighted by molar-refractivity contribution is 5.86. The fraction of sp³-hybridized carbons (Fsp3) is 0.467. The second kappa shape index (κ2) is 8.19. The van der Waals surface area contributed by atoms with E-state index in [0.717, 1.165) is 0 Å². The molecule has 0 aromatic carbocycles. The van der Waals surface area contributed by atoms with Crippen LogP contribution in [0.5, 0.6) is 0 Å². The fourth-order valence-corrected chi connectivity index (χ4v) is 2.40. The molecule has 2 rings (SSSR count). The van der Waals surface area contributed by atoms with Gasteiger partial charge in [0.1, 0.15) is 24.4 Å². The van der Waals surface area contributed by atoms with E-state index in [4.69, 9.17) is 19.7 Å². The molecule has 0 spiro atoms. The number of carboxylic acids is 2. The zero-order valence-electron chi connectivity index (χ0n) is 13.3. The van der Waals surface area contributed by atoms with Crippen LogP contribution in [0.4, 0.5) is 0 Å². The predicted molar refractivity (Wildman–Crippen MR) is 78.7 cm³/mol. The maximum atomic E-state index is 11.5. The lowest BCUT2D eigenvalue weighted by molar-refractivity contribution is -0.765. The average molecular weight is 372 g/mol. The SMILES string of the molecule is O=C(O)C[C@H](O)C(=O)OC[C@H]1O[C@@H]([n+]2cccc(C(=O)O)c2)[C@H](O)[C@@H]1O. The molecular formula is C15H18NO10+. The number of nitrogens with zero attached hydrogens (tertiary/aromatic N) is 1. The van der Waals surface area contributed by atoms with E-state index >= 15 is 0 Å². The lowest BCUT2D eigenvalue weighted by Gasteiger charge is -2.15. The second-order valence-corrected chi connectivity index (χ2v) is 5.63. The van der Waals surface area contributed by atoms with E-state index in [9.17, 15) is 29.7 Å². The quantitative estimate of drug-likeness (QED) is 0.258. The topological polar surface area (TPSA) is 175 Å². The Labute approximate surface area is 146 Å². The van der Waals surface area contributed by atoms with Gasteiger partial charge in [-0.15, -0.1) is 0 Å². The van der Waals surface area contributed by atoms with Gasteiger partial charge in [0, 0.05) is 6.07 Å². The van der Waals surface area contributed by atoms with Crippen molar-refractivity contribution >= 4 is 17.9 Å². The van der Waals surface area contributed by atoms with Gasteiger partial charge in [0.25, 0.3) is 6.23 Å². The average Bonchev–Trinajstić information content (AvgIpc) is 2.87. The van der Waals surface area contributed by atoms with Crippen molar-refractivity contribution in [2.45, 2.75) is 37.1 Å². The smallest absolute Gasteiger partial charge is 0.341 e. The van der Waals surface area contributed by atoms with Gasteiger partial charge in [-0.25, -0.2) is 9.59 Å². The number of ether oxygens (including phenoxy) is 2. The van der Waals surface area contributed by atoms with Crippen molar-refractivity contribution in [1.82, 2.24) is 0 Å². The zero-order valence-corrected chi connectivity index (χ0v) is 13.3. The molecule has 1 aromatic rings. The summed E-state index contributed by atoms with van der Waals surface area (Å²) in [5.74, 6) is -3.79. The Hall–Kier alpha value is -2.60. The van der Waals surface area contributed by atoms with Gasteiger partial charge in [0.15, 0.2) is 24.6 Å². The number of pyridine rings is 1. The van der Waals surface area contributed by atoms with E-state index in [-0.39, 0.29) is 5.56 Å². The number of aromatic nitrogens is 1. The largest absolute Gasteiger partial charge is 0.481 e. The normalized spacial score (nSPS) is 26.3. The third-order valence-electron chi connectivity index (χ3n) is 3.73. The molecule has 2 heterocycles. The molecule has 1 aliphatic rings. The molecule has 0 radical (unpaired) electrons. The van der Waals surface area contributed by atoms with Crippen molar-refractivity contribution in [1.29, 1.82) is 0 Å². The third kappa shape index (κ3) is 4.52. The molecule has 142 valence electrons. The van der Waals surface area contributed by atoms with Crippen molar-refractivity contribution in [3.63, 3.8) is 0 Å². The lowest BCUT2D eigenvalue weighted by atomic mass is 10.1. The molecule has 0 aliphatic carbocycles. The molecule has 0 amide bonds. The lowest BCUT2D eigenvalue weighted by Crippen LogP contribution is -2.46. The summed E-state index contributed by atoms with van der Waals surface area (Å²) in [4.78, 5) is 32.9. The molecule has 11 nitrogen and oxygen atoms in total. The maximum Gasteiger partial charge on any atom is 0.341 e. The number of aromatic carboxylic acids is 1. The Morgan fingerprint density at radius 1 is 1.23 bits per heavy atom. The highest BCUT2D eigenvalue weighted by atomic mass is 16.6. The number of aliphatic carboxylic acids is 1. The minimum Gasteiger partial charge on any atom is -0.481 e. The summed E-state index contributed by atoms with van der Waals surface area (Å²) in [5.41, 5.74) is -0.0653. The molecular weight excluding hydrogens is 354 g/mol. The summed E-state index contributed by atoms with van der Waals surface area (Å²) in [7, 11) is 0. The summed E-state index contributed by atoms with van der Waals surface area (Å²) in [6.07, 6.45) is -5.24. The van der Waals surface area contributed by atoms with E-state index in [1.165, 1.54) is 29.1 Å². The molecule has 1 aromatic heterocycles. The Morgan fingerprint density at radius 2 is 1.92 bits per heavy atom. The Bertz CT molecular complexity index is 693. The summed E-state index contributed by atoms with van der Waals surface area (Å²) < 4.78 is 11.4. The van der Waals surface area contributed by atoms with E-state index in [1.54, 1.807) is 0 Å². The second-order valence-electron chi connectivity index (χ2n) is 5.63. The Balaban J connectivity index is 2.01. The number of carbonyl (C=O) groups excluding carboxylic acids is 1. The standard InChI is InChI=1S/C15H17NO10/c17-8(4-10(18)19)15(24)25-6-9-11(20)12(21)13(26-9)16-3-1-2-7(5-16)14(22)23/h1-3,5,8-9,11-13,17,20-21H,4,6H2,(H-,18,19,22,23)/p+1/t8-,9+,11+,12+,13+/m0/s1. The molecule has 0 bridgehead atoms. The van der Waals surface area contributed by atoms with Gasteiger partial charge in [-0.2, -0.15) is 4.57 Å². The number of hydrogen-bond donors (Lipinski definition) is 5. The molecule has 11 heteroatoms. The number of carboxylic acid groups (broad SMARTS) is 2. The van der Waals surface area contributed by atoms with Crippen molar-refractivity contribution in [3.05, 3.63) is 30.1 Å². The number of esters is 1. The van der Waals surface area contributed by atoms with Gasteiger partial charge in [-0.1, -0.05) is 0 Å². The van der Waals surface area contributed by atoms with Crippen LogP contribution in [0, 0.1) is 0 Å². The van der Waals surface area contributed by atoms with Gasteiger partial charge in [0.2, 0.25) is 0 Å². The Kier molecular flexibility index (Phi) is 6.21. The monoisotopic (exact) mass is 372 g/mol. The van der Waals surface area contributed by atoms with Gasteiger partial charge in [-0.05, 0) is 6.07 Å². The Morgan fingerprint density at radius 3 is 2.54 bits per heavy atom. The van der Waals surface area contributed by atoms with Crippen LogP contribution >= 0.6 is 0 Å². The van der Waals surface area contributed by atoms with Gasteiger partial charge < -0.3 is 35.0 Å². The molecule has 5 atom stereocenters. The van der Waals surface area contributed by atoms with Crippen molar-refractivity contribution in [3.8, 4) is 0 Å². The van der Waals surface area contributed by atoms with Crippen molar-refractivity contribution < 1.29 is 54.0 Å². The van der Waals surface area contributed by atoms with E-state index in [2.05, 4.69) is 0 Å². The predicted octanol–water partition coefficient (Wildman–Crippen LogP) is -2.33. The molecule has 0 saturated carbocycles. The summed E-state index contributed by atoms with van der Waals surface area (Å²) in [6.45, 7) is -0.538. The number of hydrogen-bond acceptors (Lipinski definition) is 8. The molecule has 1 fully saturated rings. The van der Waals surface area contributed by atoms with Crippen LogP contribution in [0.3, 0.4) is 0 Å². The van der Waals surface area contributed by atoms with E-state index < -0.39 is 61.6 Å². The first-order valence-corrected chi connectivity index (χ1v) is 7.53. The first-order valence-electron chi connectivity index (χ1n) is 7.53. The van der Waals surface area contributed by atoms with Crippen LogP contribution in [-0.2, 0) is 19.1 Å². The zero-order chi connectivity index (χ0) is 19.4. The van der Waals surface area contributed by atoms with Crippen LogP contribution < -0.4 is 4.57 Å². The number of carbonyl (C=O) groups is 3. The molecule has 1 aliphatic heterocycles. The van der Waals surface area contributed by atoms with Crippen molar-refractivity contribution in [2.24, 2.45) is 0 Å². The van der Waals surface area contributed by atoms with Gasteiger partial charge in [-0.3, -0.25) is 4.79 Å². The molecule has 5 N–H and O–H groups in total. The van der Waals surface area contributed by atoms with E-state index in [0.29, 0.717) is 0 Å². The summed E-state index contributed by atoms with van der Waals surface area (Å²) in [6, 6.07) is 2.75. The number of rotatable bonds is 7. The van der Waals surface area contributed by atoms with Crippen molar-refractivity contribution in [2.75, 3.05) is 6.61 Å². The van der Waals surface area contributed by atoms with Crippen LogP contribution in [0.1, 0.15) is 23.0 Å². The fourth-order valence-electron chi connectivity index (χ4n) is 2.40. The highest BCUT2D eigenvalue weighted by Gasteiger charge is 2.49. The first-order chi connectivity index (χ1) is 12.2. The molecule has 0 unspecified atom stereocenters. The van der Waals surface area contributed by atoms with Crippen LogP contribution in [0.25, 0.3) is 0 Å². The minimum atomic E-state index is -1.87. The minimum absolute atomic E-state index is 0.0653. The third-order valence-corrected chi connectivity index (χ3v) is 3.73.